The molecule has 1 aromatic heterocycles. The van der Waals surface area contributed by atoms with Crippen molar-refractivity contribution in [2.75, 3.05) is 21.7 Å². The molecule has 4 aromatic carbocycles. The van der Waals surface area contributed by atoms with E-state index in [4.69, 9.17) is 11.6 Å². The van der Waals surface area contributed by atoms with Crippen molar-refractivity contribution in [3.05, 3.63) is 147 Å². The molecule has 0 aliphatic rings. The molecule has 4 amide bonds. The topological polar surface area (TPSA) is 140 Å². The number of nitriles is 1. The summed E-state index contributed by atoms with van der Waals surface area (Å²) >= 11 is 8.38. The van der Waals surface area contributed by atoms with E-state index in [2.05, 4.69) is 27.3 Å². The van der Waals surface area contributed by atoms with E-state index < -0.39 is 29.4 Å². The Morgan fingerprint density at radius 3 is 2.24 bits per heavy atom. The molecule has 1 heterocycles. The molecule has 4 N–H and O–H groups in total. The van der Waals surface area contributed by atoms with Crippen LogP contribution in [0.2, 0.25) is 5.02 Å². The number of rotatable bonds is 11. The van der Waals surface area contributed by atoms with Crippen LogP contribution in [0.1, 0.15) is 36.7 Å². The number of nitrogens with zero attached hydrogens (tertiary/aromatic N) is 1. The number of para-hydroxylation sites is 1. The predicted molar refractivity (Wildman–Crippen MR) is 196 cm³/mol. The summed E-state index contributed by atoms with van der Waals surface area (Å²) in [6.45, 7) is 1.65. The van der Waals surface area contributed by atoms with Gasteiger partial charge in [-0.15, -0.1) is 23.1 Å². The van der Waals surface area contributed by atoms with Crippen molar-refractivity contribution in [2.45, 2.75) is 11.8 Å². The average Bonchev–Trinajstić information content (AvgIpc) is 3.43. The minimum atomic E-state index is -0.738. The molecule has 9 nitrogen and oxygen atoms in total. The second-order valence-corrected chi connectivity index (χ2v) is 13.0. The number of amides is 4. The van der Waals surface area contributed by atoms with Gasteiger partial charge in [-0.05, 0) is 73.2 Å². The van der Waals surface area contributed by atoms with Crippen LogP contribution in [0.15, 0.2) is 114 Å². The first-order valence-corrected chi connectivity index (χ1v) is 17.1. The zero-order valence-corrected chi connectivity index (χ0v) is 28.6. The van der Waals surface area contributed by atoms with Crippen LogP contribution >= 0.6 is 34.7 Å². The van der Waals surface area contributed by atoms with Crippen molar-refractivity contribution in [2.24, 2.45) is 0 Å². The highest BCUT2D eigenvalue weighted by Gasteiger charge is 2.22. The smallest absolute Gasteiger partial charge is 0.272 e. The average molecular weight is 724 g/mol. The fourth-order valence-electron chi connectivity index (χ4n) is 4.57. The van der Waals surface area contributed by atoms with E-state index in [-0.39, 0.29) is 38.2 Å². The van der Waals surface area contributed by atoms with E-state index in [9.17, 15) is 28.8 Å². The summed E-state index contributed by atoms with van der Waals surface area (Å²) in [7, 11) is 0. The number of hydrogen-bond donors (Lipinski definition) is 4. The zero-order chi connectivity index (χ0) is 35.6. The van der Waals surface area contributed by atoms with Gasteiger partial charge in [0.2, 0.25) is 5.91 Å². The third kappa shape index (κ3) is 9.03. The first-order valence-electron chi connectivity index (χ1n) is 14.9. The minimum absolute atomic E-state index is 0.0468. The summed E-state index contributed by atoms with van der Waals surface area (Å²) in [5.74, 6) is -2.85. The summed E-state index contributed by atoms with van der Waals surface area (Å²) in [4.78, 5) is 53.2. The molecule has 0 radical (unpaired) electrons. The van der Waals surface area contributed by atoms with Crippen molar-refractivity contribution in [1.82, 2.24) is 5.32 Å². The Hall–Kier alpha value is -5.74. The van der Waals surface area contributed by atoms with Crippen LogP contribution in [0.25, 0.3) is 6.08 Å². The van der Waals surface area contributed by atoms with Crippen molar-refractivity contribution >= 4 is 80.8 Å². The van der Waals surface area contributed by atoms with Crippen molar-refractivity contribution in [3.8, 4) is 6.07 Å². The van der Waals surface area contributed by atoms with Crippen molar-refractivity contribution < 1.29 is 23.6 Å². The van der Waals surface area contributed by atoms with Crippen LogP contribution in [0, 0.1) is 24.1 Å². The van der Waals surface area contributed by atoms with Gasteiger partial charge in [-0.3, -0.25) is 19.2 Å². The Morgan fingerprint density at radius 2 is 1.54 bits per heavy atom. The molecule has 13 heteroatoms. The van der Waals surface area contributed by atoms with Gasteiger partial charge >= 0.3 is 0 Å². The summed E-state index contributed by atoms with van der Waals surface area (Å²) in [5.41, 5.74) is 1.57. The highest BCUT2D eigenvalue weighted by molar-refractivity contribution is 8.00. The maximum absolute atomic E-state index is 14.6. The van der Waals surface area contributed by atoms with Crippen LogP contribution in [0.5, 0.6) is 0 Å². The van der Waals surface area contributed by atoms with E-state index in [0.717, 1.165) is 17.4 Å². The Labute approximate surface area is 300 Å². The van der Waals surface area contributed by atoms with E-state index in [0.29, 0.717) is 26.7 Å². The van der Waals surface area contributed by atoms with Gasteiger partial charge < -0.3 is 21.3 Å². The molecule has 5 rings (SSSR count). The number of halogens is 2. The Balaban J connectivity index is 1.26. The second kappa shape index (κ2) is 16.6. The molecule has 250 valence electrons. The molecule has 0 fully saturated rings. The molecule has 0 saturated carbocycles. The molecule has 0 unspecified atom stereocenters. The normalized spacial score (nSPS) is 10.9. The van der Waals surface area contributed by atoms with Crippen LogP contribution in [-0.4, -0.2) is 29.4 Å². The van der Waals surface area contributed by atoms with Gasteiger partial charge in [0.1, 0.15) is 22.6 Å². The van der Waals surface area contributed by atoms with Gasteiger partial charge in [-0.1, -0.05) is 60.1 Å². The van der Waals surface area contributed by atoms with Crippen molar-refractivity contribution in [3.63, 3.8) is 0 Å². The number of nitrogens with one attached hydrogen (secondary N) is 4. The summed E-state index contributed by atoms with van der Waals surface area (Å²) in [6, 6.07) is 29.9. The molecule has 0 saturated heterocycles. The number of anilines is 3. The molecular formula is C37H27ClFN5O4S2. The van der Waals surface area contributed by atoms with E-state index in [1.54, 1.807) is 85.8 Å². The van der Waals surface area contributed by atoms with Gasteiger partial charge in [0, 0.05) is 27.4 Å². The van der Waals surface area contributed by atoms with Crippen LogP contribution in [-0.2, 0) is 9.59 Å². The van der Waals surface area contributed by atoms with E-state index in [1.807, 2.05) is 6.07 Å². The van der Waals surface area contributed by atoms with Crippen LogP contribution in [0.3, 0.4) is 0 Å². The van der Waals surface area contributed by atoms with Crippen molar-refractivity contribution in [1.29, 1.82) is 5.26 Å². The Morgan fingerprint density at radius 1 is 0.860 bits per heavy atom. The third-order valence-corrected chi connectivity index (χ3v) is 9.56. The predicted octanol–water partition coefficient (Wildman–Crippen LogP) is 8.11. The molecule has 0 bridgehead atoms. The second-order valence-electron chi connectivity index (χ2n) is 10.5. The molecule has 5 aromatic rings. The molecule has 0 aliphatic heterocycles. The lowest BCUT2D eigenvalue weighted by molar-refractivity contribution is -0.114. The van der Waals surface area contributed by atoms with Gasteiger partial charge in [0.25, 0.3) is 17.7 Å². The highest BCUT2D eigenvalue weighted by atomic mass is 35.5. The number of benzene rings is 4. The first kappa shape index (κ1) is 35.6. The fourth-order valence-corrected chi connectivity index (χ4v) is 6.61. The monoisotopic (exact) mass is 723 g/mol. The minimum Gasteiger partial charge on any atom is -0.321 e. The number of thiophene rings is 1. The van der Waals surface area contributed by atoms with Gasteiger partial charge in [-0.25, -0.2) is 4.39 Å². The van der Waals surface area contributed by atoms with Gasteiger partial charge in [0.05, 0.1) is 21.2 Å². The summed E-state index contributed by atoms with van der Waals surface area (Å²) in [5, 5.41) is 20.8. The summed E-state index contributed by atoms with van der Waals surface area (Å²) in [6.07, 6.45) is 1.16. The molecule has 0 spiro atoms. The summed E-state index contributed by atoms with van der Waals surface area (Å²) < 4.78 is 14.6. The number of carbonyl (C=O) groups is 4. The largest absolute Gasteiger partial charge is 0.321 e. The van der Waals surface area contributed by atoms with Crippen LogP contribution < -0.4 is 21.3 Å². The lowest BCUT2D eigenvalue weighted by atomic mass is 10.1. The Bertz CT molecular complexity index is 2130. The molecule has 50 heavy (non-hydrogen) atoms. The third-order valence-electron chi connectivity index (χ3n) is 7.03. The van der Waals surface area contributed by atoms with E-state index >= 15 is 0 Å². The van der Waals surface area contributed by atoms with Gasteiger partial charge in [0.15, 0.2) is 0 Å². The molecule has 0 aliphatic carbocycles. The quantitative estimate of drug-likeness (QED) is 0.0802. The number of carbonyl (C=O) groups excluding carboxylic acids is 4. The van der Waals surface area contributed by atoms with Crippen LogP contribution in [0.4, 0.5) is 20.8 Å². The number of thioether (sulfide) groups is 1. The standard InChI is InChI=1S/C37H27ClFN5O4S2/c1-22-28(20-40)37(50-33(22)36(48)41-24-12-6-3-7-13-24)44-32(45)21-49-26-15-8-14-25(18-26)42-35(47)31(19-27-29(38)16-9-17-30(27)39)43-34(46)23-10-4-2-5-11-23/h2-19H,21H2,1H3,(H,41,48)(H,42,47)(H,43,46)(H,44,45)/b31-19+. The fraction of sp³-hybridized carbons (Fsp3) is 0.0541. The van der Waals surface area contributed by atoms with Gasteiger partial charge in [-0.2, -0.15) is 5.26 Å². The maximum atomic E-state index is 14.6. The molecular weight excluding hydrogens is 697 g/mol. The number of hydrogen-bond acceptors (Lipinski definition) is 7. The SMILES string of the molecule is Cc1c(C(=O)Nc2ccccc2)sc(NC(=O)CSc2cccc(NC(=O)/C(=C\c3c(F)cccc3Cl)NC(=O)c3ccccc3)c2)c1C#N. The maximum Gasteiger partial charge on any atom is 0.272 e. The lowest BCUT2D eigenvalue weighted by Gasteiger charge is -2.13. The molecule has 0 atom stereocenters. The zero-order valence-electron chi connectivity index (χ0n) is 26.3. The Kier molecular flexibility index (Phi) is 11.8. The first-order chi connectivity index (χ1) is 24.1. The highest BCUT2D eigenvalue weighted by Crippen LogP contribution is 2.33. The van der Waals surface area contributed by atoms with E-state index in [1.165, 1.54) is 30.0 Å². The lowest BCUT2D eigenvalue weighted by Crippen LogP contribution is -2.30.